The van der Waals surface area contributed by atoms with Crippen molar-refractivity contribution in [1.29, 1.82) is 0 Å². The number of methoxy groups -OCH3 is 22. The predicted octanol–water partition coefficient (Wildman–Crippen LogP) is -0.131. The van der Waals surface area contributed by atoms with Crippen molar-refractivity contribution >= 4 is 45.2 Å². The molecule has 40 atom stereocenters. The van der Waals surface area contributed by atoms with E-state index in [-0.39, 0.29) is 39.6 Å². The van der Waals surface area contributed by atoms with Crippen LogP contribution in [0, 0.1) is 0 Å². The van der Waals surface area contributed by atoms with Crippen LogP contribution in [0.15, 0.2) is 0 Å². The smallest absolute Gasteiger partial charge is 0.187 e. The number of rotatable bonds is 30. The highest BCUT2D eigenvalue weighted by Crippen LogP contribution is 2.44. The summed E-state index contributed by atoms with van der Waals surface area (Å²) in [6.07, 6.45) is -40.2. The second kappa shape index (κ2) is 46.1. The van der Waals surface area contributed by atoms with Crippen LogP contribution in [0.25, 0.3) is 0 Å². The van der Waals surface area contributed by atoms with Gasteiger partial charge >= 0.3 is 0 Å². The fraction of sp³-hybridized carbons (Fsp3) is 1.00. The third kappa shape index (κ3) is 20.4. The molecule has 30 rings (SSSR count). The maximum Gasteiger partial charge on any atom is 0.187 e. The van der Waals surface area contributed by atoms with Gasteiger partial charge in [0.25, 0.3) is 0 Å². The average molecular weight is 1830 g/mol. The molecule has 644 valence electrons. The zero-order valence-corrected chi connectivity index (χ0v) is 71.3. The Kier molecular flexibility index (Phi) is 39.3. The van der Waals surface area contributed by atoms with Gasteiger partial charge in [-0.2, -0.15) is 0 Å². The Morgan fingerprint density at radius 1 is 0.155 bits per heavy atom. The lowest BCUT2D eigenvalue weighted by Crippen LogP contribution is -2.70. The lowest BCUT2D eigenvalue weighted by Gasteiger charge is -2.53. The molecule has 0 radical (unpaired) electrons. The minimum absolute atomic E-state index is 0.0157. The molecule has 30 fully saturated rings. The molecule has 0 aromatic carbocycles. The summed E-state index contributed by atoms with van der Waals surface area (Å²) in [6.45, 7) is -0.225. The van der Waals surface area contributed by atoms with Crippen molar-refractivity contribution in [2.24, 2.45) is 0 Å². The Morgan fingerprint density at radius 3 is 0.364 bits per heavy atom. The van der Waals surface area contributed by atoms with Crippen LogP contribution in [-0.4, -0.2) is 451 Å². The highest BCUT2D eigenvalue weighted by atomic mass is 127. The Labute approximate surface area is 672 Å². The van der Waals surface area contributed by atoms with Gasteiger partial charge in [-0.25, -0.2) is 0 Å². The third-order valence-corrected chi connectivity index (χ3v) is 23.4. The van der Waals surface area contributed by atoms with Gasteiger partial charge in [-0.05, 0) is 0 Å². The number of ether oxygens (including phenoxy) is 38. The quantitative estimate of drug-likeness (QED) is 0.0668. The summed E-state index contributed by atoms with van der Waals surface area (Å²) in [5.41, 5.74) is 0. The van der Waals surface area contributed by atoms with Crippen LogP contribution in [0.4, 0.5) is 0 Å². The standard InChI is InChI=1S/C70H122I2O38/c1-73-25-33-41-49(81-9)57(89-17)65(97-33)103-39-31(23-71)96-64(56(88-16)47(39)79-7)106-42-34(26-74-2)99-67(59(91-19)50(42)82-10)108-44-36(28-76-4)101-69(61(93-21)52(44)84-12)110-46-38(30-78-6)102-70(62(94-22)54(46)86-14)109-45-37(29-77-5)100-68(60(92-20)53(45)85-13)107-43-35(27-75-3)98-66(58(90-18)51(43)83-11)104-40-32(24-72)95-63(105-41)55(87-15)48(40)80-8/h31-70H,23-30H2,1-22H3/t31-,32+,33+,34-,35+,36-,37+,38-,39+,40+,41+,42+,43+,44+,45+,46+,47-,48-,49-,50-,51-,52-,53-,54-,55+,56+,57+,58+,59+,60+,61+,62+,63+,64+,65+,66+,67+,68+,69+,70+/m0/s1. The number of halogens is 2. The van der Waals surface area contributed by atoms with Gasteiger partial charge in [-0.1, -0.05) is 45.2 Å². The predicted molar refractivity (Wildman–Crippen MR) is 390 cm³/mol. The summed E-state index contributed by atoms with van der Waals surface area (Å²) in [4.78, 5) is 0. The van der Waals surface area contributed by atoms with Gasteiger partial charge in [-0.3, -0.25) is 0 Å². The summed E-state index contributed by atoms with van der Waals surface area (Å²) >= 11 is 4.45. The number of alkyl halides is 2. The number of hydrogen-bond acceptors (Lipinski definition) is 38. The molecule has 30 aliphatic heterocycles. The Balaban J connectivity index is 1.11. The molecule has 0 spiro atoms. The summed E-state index contributed by atoms with van der Waals surface area (Å²) in [5, 5.41) is 0. The van der Waals surface area contributed by atoms with E-state index in [1.807, 2.05) is 0 Å². The molecular formula is C70H122I2O38. The molecule has 40 heteroatoms. The topological polar surface area (TPSA) is 351 Å². The van der Waals surface area contributed by atoms with Crippen molar-refractivity contribution in [1.82, 2.24) is 0 Å². The van der Waals surface area contributed by atoms with Gasteiger partial charge in [0.05, 0.1) is 51.8 Å². The van der Waals surface area contributed by atoms with Crippen molar-refractivity contribution < 1.29 is 180 Å². The molecule has 0 aromatic rings. The largest absolute Gasteiger partial charge is 0.382 e. The minimum Gasteiger partial charge on any atom is -0.382 e. The first-order chi connectivity index (χ1) is 53.5. The van der Waals surface area contributed by atoms with Gasteiger partial charge in [0.2, 0.25) is 0 Å². The van der Waals surface area contributed by atoms with E-state index in [9.17, 15) is 0 Å². The summed E-state index contributed by atoms with van der Waals surface area (Å²) < 4.78 is 249. The monoisotopic (exact) mass is 1820 g/mol. The average Bonchev–Trinajstić information content (AvgIpc) is 0.764. The summed E-state index contributed by atoms with van der Waals surface area (Å²) in [5.74, 6) is 0. The van der Waals surface area contributed by atoms with E-state index in [1.54, 1.807) is 21.3 Å². The van der Waals surface area contributed by atoms with Gasteiger partial charge in [0, 0.05) is 165 Å². The van der Waals surface area contributed by atoms with E-state index in [2.05, 4.69) is 45.2 Å². The van der Waals surface area contributed by atoms with Crippen LogP contribution < -0.4 is 0 Å². The summed E-state index contributed by atoms with van der Waals surface area (Å²) in [6, 6.07) is 0. The maximum absolute atomic E-state index is 7.09. The van der Waals surface area contributed by atoms with E-state index >= 15 is 0 Å². The highest BCUT2D eigenvalue weighted by Gasteiger charge is 2.63. The van der Waals surface area contributed by atoms with Crippen molar-refractivity contribution in [3.8, 4) is 0 Å². The molecule has 0 unspecified atom stereocenters. The third-order valence-electron chi connectivity index (χ3n) is 21.7. The van der Waals surface area contributed by atoms with Crippen LogP contribution >= 0.6 is 45.2 Å². The van der Waals surface area contributed by atoms with E-state index in [0.717, 1.165) is 0 Å². The molecule has 30 aliphatic rings. The van der Waals surface area contributed by atoms with Crippen LogP contribution in [-0.2, 0) is 180 Å². The lowest BCUT2D eigenvalue weighted by molar-refractivity contribution is -0.408. The van der Waals surface area contributed by atoms with Crippen LogP contribution in [0.3, 0.4) is 0 Å². The normalized spacial score (nSPS) is 46.7. The van der Waals surface area contributed by atoms with Gasteiger partial charge < -0.3 is 180 Å². The van der Waals surface area contributed by atoms with E-state index in [4.69, 9.17) is 180 Å². The van der Waals surface area contributed by atoms with Crippen molar-refractivity contribution in [3.05, 3.63) is 0 Å². The Bertz CT molecular complexity index is 2550. The molecule has 0 aliphatic carbocycles. The second-order valence-electron chi connectivity index (χ2n) is 27.4. The lowest BCUT2D eigenvalue weighted by atomic mass is 9.94. The molecule has 110 heavy (non-hydrogen) atoms. The fourth-order valence-corrected chi connectivity index (χ4v) is 18.0. The Morgan fingerprint density at radius 2 is 0.264 bits per heavy atom. The second-order valence-corrected chi connectivity index (χ2v) is 29.2. The van der Waals surface area contributed by atoms with E-state index in [0.29, 0.717) is 8.86 Å². The SMILES string of the molecule is COC[C@@H]1O[C@@H]2O[C@H]3[C@H](OC)[C@@H](OC)[C@@H](O[C@H]4[C@H](OC)[C@@H](OC)[C@@H](O[C@H]5[C@H](OC)[C@@H](OC)[C@@H](O[C@H]6[C@H](OC)[C@@H](OC)[C@@H](O[C@H]7[C@H](OC)[C@@H](OC)[C@@H](O[C@H]8[C@H](OC)[C@@H](OC)[C@@H](O[C@H]9[C@H](OC)[C@@H](OC)[C@@H](O[C@H]1[C@H](OC)[C@H]2OC)O[C@H]9COC)O[C@H]8CI)O[C@@H]7COC)O[C@@H]6CI)O[C@@H]5COC)O[C@@H]4COC)O[C@H]3COC. The zero-order valence-electron chi connectivity index (χ0n) is 67.0. The first kappa shape index (κ1) is 93.8. The molecule has 16 bridgehead atoms. The van der Waals surface area contributed by atoms with E-state index < -0.39 is 246 Å². The fourth-order valence-electron chi connectivity index (χ4n) is 16.6. The first-order valence-corrected chi connectivity index (χ1v) is 39.5. The van der Waals surface area contributed by atoms with Crippen molar-refractivity contribution in [2.45, 2.75) is 246 Å². The van der Waals surface area contributed by atoms with Crippen molar-refractivity contribution in [3.63, 3.8) is 0 Å². The van der Waals surface area contributed by atoms with Crippen LogP contribution in [0.5, 0.6) is 0 Å². The minimum atomic E-state index is -1.24. The zero-order chi connectivity index (χ0) is 79.6. The Hall–Kier alpha value is -0.0600. The van der Waals surface area contributed by atoms with Gasteiger partial charge in [-0.15, -0.1) is 0 Å². The van der Waals surface area contributed by atoms with E-state index in [1.165, 1.54) is 135 Å². The summed E-state index contributed by atoms with van der Waals surface area (Å²) in [7, 11) is 33.4. The molecule has 0 aromatic heterocycles. The first-order valence-electron chi connectivity index (χ1n) is 36.5. The molecule has 0 N–H and O–H groups in total. The molecule has 0 amide bonds. The van der Waals surface area contributed by atoms with Crippen molar-refractivity contribution in [2.75, 3.05) is 205 Å². The molecule has 38 nitrogen and oxygen atoms in total. The maximum atomic E-state index is 7.09. The molecule has 30 saturated heterocycles. The molecule has 30 heterocycles. The van der Waals surface area contributed by atoms with Crippen LogP contribution in [0.2, 0.25) is 0 Å². The highest BCUT2D eigenvalue weighted by molar-refractivity contribution is 14.1. The molecule has 0 saturated carbocycles. The molecular weight excluding hydrogens is 1700 g/mol. The van der Waals surface area contributed by atoms with Crippen LogP contribution in [0.1, 0.15) is 0 Å². The van der Waals surface area contributed by atoms with Gasteiger partial charge in [0.15, 0.2) is 50.3 Å². The number of hydrogen-bond donors (Lipinski definition) is 0. The van der Waals surface area contributed by atoms with Gasteiger partial charge in [0.1, 0.15) is 183 Å².